The Bertz CT molecular complexity index is 723. The van der Waals surface area contributed by atoms with Crippen molar-refractivity contribution in [2.24, 2.45) is 0 Å². The number of amides is 1. The van der Waals surface area contributed by atoms with Gasteiger partial charge in [-0.1, -0.05) is 48.1 Å². The lowest BCUT2D eigenvalue weighted by atomic mass is 10.2. The number of halogens is 1. The molecule has 24 heavy (non-hydrogen) atoms. The van der Waals surface area contributed by atoms with Crippen molar-refractivity contribution < 1.29 is 14.3 Å². The Balaban J connectivity index is 2.01. The molecule has 6 nitrogen and oxygen atoms in total. The molecule has 1 aromatic carbocycles. The average Bonchev–Trinajstić information content (AvgIpc) is 3.03. The molecule has 0 spiro atoms. The zero-order chi connectivity index (χ0) is 17.5. The van der Waals surface area contributed by atoms with Gasteiger partial charge in [-0.2, -0.15) is 0 Å². The van der Waals surface area contributed by atoms with Crippen LogP contribution in [0.5, 0.6) is 0 Å². The van der Waals surface area contributed by atoms with Crippen LogP contribution in [0.1, 0.15) is 13.3 Å². The van der Waals surface area contributed by atoms with E-state index in [9.17, 15) is 9.59 Å². The van der Waals surface area contributed by atoms with Crippen molar-refractivity contribution in [3.8, 4) is 10.6 Å². The van der Waals surface area contributed by atoms with Gasteiger partial charge in [0.2, 0.25) is 11.0 Å². The number of nitrogens with zero attached hydrogens (tertiary/aromatic N) is 2. The summed E-state index contributed by atoms with van der Waals surface area (Å²) in [6, 6.07) is 7.31. The van der Waals surface area contributed by atoms with Gasteiger partial charge in [0.05, 0.1) is 23.1 Å². The van der Waals surface area contributed by atoms with Gasteiger partial charge in [0, 0.05) is 5.56 Å². The second-order valence-corrected chi connectivity index (χ2v) is 7.24. The highest BCUT2D eigenvalue weighted by atomic mass is 35.5. The van der Waals surface area contributed by atoms with Crippen molar-refractivity contribution in [3.63, 3.8) is 0 Å². The number of anilines is 1. The van der Waals surface area contributed by atoms with E-state index >= 15 is 0 Å². The molecule has 1 atom stereocenters. The van der Waals surface area contributed by atoms with Crippen molar-refractivity contribution in [2.75, 3.05) is 18.2 Å². The number of nitrogens with one attached hydrogen (secondary N) is 1. The van der Waals surface area contributed by atoms with Gasteiger partial charge >= 0.3 is 5.97 Å². The highest BCUT2D eigenvalue weighted by Gasteiger charge is 2.20. The van der Waals surface area contributed by atoms with Gasteiger partial charge in [-0.25, -0.2) is 0 Å². The van der Waals surface area contributed by atoms with Crippen molar-refractivity contribution in [1.82, 2.24) is 10.2 Å². The molecule has 1 unspecified atom stereocenters. The Morgan fingerprint density at radius 3 is 2.79 bits per heavy atom. The van der Waals surface area contributed by atoms with Crippen LogP contribution < -0.4 is 5.32 Å². The first kappa shape index (κ1) is 18.7. The fraction of sp³-hybridized carbons (Fsp3) is 0.333. The van der Waals surface area contributed by atoms with Gasteiger partial charge in [-0.05, 0) is 12.5 Å². The summed E-state index contributed by atoms with van der Waals surface area (Å²) < 4.78 is 4.58. The van der Waals surface area contributed by atoms with Crippen molar-refractivity contribution >= 4 is 51.7 Å². The number of hydrogen-bond acceptors (Lipinski definition) is 7. The minimum absolute atomic E-state index is 0.128. The molecule has 0 aliphatic carbocycles. The first-order valence-electron chi connectivity index (χ1n) is 7.12. The van der Waals surface area contributed by atoms with Crippen LogP contribution in [-0.4, -0.2) is 40.2 Å². The zero-order valence-electron chi connectivity index (χ0n) is 13.1. The van der Waals surface area contributed by atoms with Crippen LogP contribution in [0.15, 0.2) is 24.3 Å². The maximum atomic E-state index is 12.3. The summed E-state index contributed by atoms with van der Waals surface area (Å²) in [7, 11) is 1.32. The number of esters is 1. The molecule has 1 aromatic heterocycles. The molecule has 9 heteroatoms. The van der Waals surface area contributed by atoms with Gasteiger partial charge in [0.15, 0.2) is 5.01 Å². The number of carbonyl (C=O) groups excluding carboxylic acids is 2. The Kier molecular flexibility index (Phi) is 7.01. The number of carbonyl (C=O) groups is 2. The predicted octanol–water partition coefficient (Wildman–Crippen LogP) is 3.48. The molecule has 2 aromatic rings. The Morgan fingerprint density at radius 2 is 2.12 bits per heavy atom. The highest BCUT2D eigenvalue weighted by molar-refractivity contribution is 8.01. The summed E-state index contributed by atoms with van der Waals surface area (Å²) in [5.41, 5.74) is 0.768. The number of methoxy groups -OCH3 is 1. The maximum absolute atomic E-state index is 12.3. The molecule has 0 saturated carbocycles. The predicted molar refractivity (Wildman–Crippen MR) is 97.5 cm³/mol. The smallest absolute Gasteiger partial charge is 0.315 e. The second-order valence-electron chi connectivity index (χ2n) is 4.67. The van der Waals surface area contributed by atoms with Crippen molar-refractivity contribution in [3.05, 3.63) is 29.3 Å². The van der Waals surface area contributed by atoms with Crippen LogP contribution in [-0.2, 0) is 14.3 Å². The first-order valence-corrected chi connectivity index (χ1v) is 9.37. The molecule has 0 fully saturated rings. The van der Waals surface area contributed by atoms with Crippen LogP contribution >= 0.6 is 34.7 Å². The minimum atomic E-state index is -0.364. The van der Waals surface area contributed by atoms with Crippen molar-refractivity contribution in [1.29, 1.82) is 0 Å². The monoisotopic (exact) mass is 385 g/mol. The molecular weight excluding hydrogens is 370 g/mol. The van der Waals surface area contributed by atoms with Gasteiger partial charge in [-0.3, -0.25) is 14.9 Å². The van der Waals surface area contributed by atoms with Crippen LogP contribution in [0, 0.1) is 0 Å². The molecular formula is C15H16ClN3O3S2. The summed E-state index contributed by atoms with van der Waals surface area (Å²) >= 11 is 8.62. The van der Waals surface area contributed by atoms with Gasteiger partial charge in [0.25, 0.3) is 0 Å². The summed E-state index contributed by atoms with van der Waals surface area (Å²) in [4.78, 5) is 23.5. The minimum Gasteiger partial charge on any atom is -0.468 e. The number of rotatable bonds is 7. The van der Waals surface area contributed by atoms with Crippen LogP contribution in [0.25, 0.3) is 10.6 Å². The molecule has 2 rings (SSSR count). The largest absolute Gasteiger partial charge is 0.468 e. The Hall–Kier alpha value is -1.64. The summed E-state index contributed by atoms with van der Waals surface area (Å²) in [5, 5.41) is 12.0. The first-order chi connectivity index (χ1) is 11.5. The molecule has 1 N–H and O–H groups in total. The van der Waals surface area contributed by atoms with E-state index in [1.54, 1.807) is 6.07 Å². The van der Waals surface area contributed by atoms with Crippen LogP contribution in [0.2, 0.25) is 5.02 Å². The SMILES string of the molecule is CCC(SCC(=O)OC)C(=O)Nc1nnc(-c2ccccc2Cl)s1. The molecule has 0 aliphatic rings. The van der Waals surface area contributed by atoms with E-state index in [0.29, 0.717) is 21.6 Å². The second kappa shape index (κ2) is 9.00. The number of aromatic nitrogens is 2. The Labute approximate surface area is 153 Å². The number of benzene rings is 1. The quantitative estimate of drug-likeness (QED) is 0.735. The van der Waals surface area contributed by atoms with E-state index in [2.05, 4.69) is 20.3 Å². The molecule has 1 heterocycles. The topological polar surface area (TPSA) is 81.2 Å². The average molecular weight is 386 g/mol. The van der Waals surface area contributed by atoms with Crippen LogP contribution in [0.4, 0.5) is 5.13 Å². The summed E-state index contributed by atoms with van der Waals surface area (Å²) in [6.07, 6.45) is 0.587. The third-order valence-corrected chi connectivity index (χ3v) is 5.61. The lowest BCUT2D eigenvalue weighted by Crippen LogP contribution is -2.25. The van der Waals surface area contributed by atoms with E-state index in [4.69, 9.17) is 11.6 Å². The summed E-state index contributed by atoms with van der Waals surface area (Å²) in [5.74, 6) is -0.444. The lowest BCUT2D eigenvalue weighted by molar-refractivity contribution is -0.137. The van der Waals surface area contributed by atoms with E-state index in [0.717, 1.165) is 5.56 Å². The highest BCUT2D eigenvalue weighted by Crippen LogP contribution is 2.31. The number of ether oxygens (including phenoxy) is 1. The van der Waals surface area contributed by atoms with Crippen LogP contribution in [0.3, 0.4) is 0 Å². The zero-order valence-corrected chi connectivity index (χ0v) is 15.5. The van der Waals surface area contributed by atoms with E-state index in [1.807, 2.05) is 25.1 Å². The standard InChI is InChI=1S/C15H16ClN3O3S2/c1-3-11(23-8-12(20)22-2)13(21)17-15-19-18-14(24-15)9-6-4-5-7-10(9)16/h4-7,11H,3,8H2,1-2H3,(H,17,19,21). The molecule has 0 aliphatic heterocycles. The van der Waals surface area contributed by atoms with Crippen molar-refractivity contribution in [2.45, 2.75) is 18.6 Å². The maximum Gasteiger partial charge on any atom is 0.315 e. The molecule has 0 bridgehead atoms. The molecule has 128 valence electrons. The number of thioether (sulfide) groups is 1. The fourth-order valence-electron chi connectivity index (χ4n) is 1.81. The van der Waals surface area contributed by atoms with Gasteiger partial charge in [0.1, 0.15) is 0 Å². The van der Waals surface area contributed by atoms with E-state index in [1.165, 1.54) is 30.2 Å². The Morgan fingerprint density at radius 1 is 1.38 bits per heavy atom. The molecule has 1 amide bonds. The third kappa shape index (κ3) is 4.93. The van der Waals surface area contributed by atoms with E-state index < -0.39 is 0 Å². The lowest BCUT2D eigenvalue weighted by Gasteiger charge is -2.12. The summed E-state index contributed by atoms with van der Waals surface area (Å²) in [6.45, 7) is 1.88. The fourth-order valence-corrected chi connectivity index (χ4v) is 3.78. The molecule has 0 radical (unpaired) electrons. The number of hydrogen-bond donors (Lipinski definition) is 1. The van der Waals surface area contributed by atoms with Gasteiger partial charge in [-0.15, -0.1) is 22.0 Å². The molecule has 0 saturated heterocycles. The third-order valence-electron chi connectivity index (χ3n) is 3.05. The van der Waals surface area contributed by atoms with E-state index in [-0.39, 0.29) is 22.9 Å². The normalized spacial score (nSPS) is 11.8. The van der Waals surface area contributed by atoms with Gasteiger partial charge < -0.3 is 4.74 Å².